The zero-order valence-electron chi connectivity index (χ0n) is 14.8. The standard InChI is InChI=1S/C19H22N2O4S/c1-14-4-3-5-18(15(14)2)20-10-12-21(13-11-20)26(24,25)17-8-6-16(7-9-17)19(22)23/h3-9H,10-13H2,1-2H3,(H,22,23). The molecule has 2 aromatic carbocycles. The van der Waals surface area contributed by atoms with Gasteiger partial charge in [0.05, 0.1) is 10.5 Å². The van der Waals surface area contributed by atoms with Crippen molar-refractivity contribution in [2.24, 2.45) is 0 Å². The zero-order valence-corrected chi connectivity index (χ0v) is 15.7. The van der Waals surface area contributed by atoms with Gasteiger partial charge in [-0.3, -0.25) is 0 Å². The highest BCUT2D eigenvalue weighted by molar-refractivity contribution is 7.89. The number of anilines is 1. The summed E-state index contributed by atoms with van der Waals surface area (Å²) >= 11 is 0. The SMILES string of the molecule is Cc1cccc(N2CCN(S(=O)(=O)c3ccc(C(=O)O)cc3)CC2)c1C. The summed E-state index contributed by atoms with van der Waals surface area (Å²) in [7, 11) is -3.61. The molecule has 0 aromatic heterocycles. The molecular formula is C19H22N2O4S. The average Bonchev–Trinajstić information content (AvgIpc) is 2.64. The second-order valence-corrected chi connectivity index (χ2v) is 8.38. The van der Waals surface area contributed by atoms with Crippen LogP contribution in [0.1, 0.15) is 21.5 Å². The molecule has 1 saturated heterocycles. The molecule has 1 fully saturated rings. The number of sulfonamides is 1. The first-order valence-corrected chi connectivity index (χ1v) is 9.89. The minimum Gasteiger partial charge on any atom is -0.478 e. The highest BCUT2D eigenvalue weighted by atomic mass is 32.2. The van der Waals surface area contributed by atoms with Crippen LogP contribution in [0.25, 0.3) is 0 Å². The van der Waals surface area contributed by atoms with E-state index < -0.39 is 16.0 Å². The fraction of sp³-hybridized carbons (Fsp3) is 0.316. The van der Waals surface area contributed by atoms with Crippen molar-refractivity contribution in [1.82, 2.24) is 4.31 Å². The van der Waals surface area contributed by atoms with Crippen LogP contribution in [0.2, 0.25) is 0 Å². The number of aromatic carboxylic acids is 1. The van der Waals surface area contributed by atoms with Crippen LogP contribution in [0.5, 0.6) is 0 Å². The molecule has 1 N–H and O–H groups in total. The Morgan fingerprint density at radius 2 is 1.58 bits per heavy atom. The Morgan fingerprint density at radius 3 is 2.15 bits per heavy atom. The Bertz CT molecular complexity index is 915. The second kappa shape index (κ2) is 7.09. The fourth-order valence-corrected chi connectivity index (χ4v) is 4.59. The maximum Gasteiger partial charge on any atom is 0.335 e. The molecule has 0 spiro atoms. The quantitative estimate of drug-likeness (QED) is 0.890. The van der Waals surface area contributed by atoms with Crippen LogP contribution in [-0.4, -0.2) is 50.0 Å². The van der Waals surface area contributed by atoms with Gasteiger partial charge < -0.3 is 10.0 Å². The van der Waals surface area contributed by atoms with E-state index >= 15 is 0 Å². The van der Waals surface area contributed by atoms with Gasteiger partial charge in [0.1, 0.15) is 0 Å². The second-order valence-electron chi connectivity index (χ2n) is 6.44. The van der Waals surface area contributed by atoms with E-state index in [1.165, 1.54) is 39.7 Å². The molecule has 0 bridgehead atoms. The molecule has 1 aliphatic rings. The van der Waals surface area contributed by atoms with Crippen molar-refractivity contribution < 1.29 is 18.3 Å². The van der Waals surface area contributed by atoms with Gasteiger partial charge in [-0.25, -0.2) is 13.2 Å². The van der Waals surface area contributed by atoms with Crippen LogP contribution in [0.4, 0.5) is 5.69 Å². The van der Waals surface area contributed by atoms with Crippen molar-refractivity contribution in [3.63, 3.8) is 0 Å². The van der Waals surface area contributed by atoms with E-state index in [9.17, 15) is 13.2 Å². The Kier molecular flexibility index (Phi) is 5.02. The first-order valence-electron chi connectivity index (χ1n) is 8.45. The van der Waals surface area contributed by atoms with Crippen LogP contribution in [0, 0.1) is 13.8 Å². The van der Waals surface area contributed by atoms with E-state index in [-0.39, 0.29) is 10.5 Å². The third kappa shape index (κ3) is 3.45. The Labute approximate surface area is 153 Å². The topological polar surface area (TPSA) is 77.9 Å². The van der Waals surface area contributed by atoms with E-state index in [0.29, 0.717) is 26.2 Å². The van der Waals surface area contributed by atoms with Crippen molar-refractivity contribution in [2.75, 3.05) is 31.1 Å². The number of rotatable bonds is 4. The minimum atomic E-state index is -3.61. The molecule has 7 heteroatoms. The molecular weight excluding hydrogens is 352 g/mol. The summed E-state index contributed by atoms with van der Waals surface area (Å²) in [5.74, 6) is -1.07. The lowest BCUT2D eigenvalue weighted by atomic mass is 10.1. The van der Waals surface area contributed by atoms with E-state index in [0.717, 1.165) is 5.69 Å². The summed E-state index contributed by atoms with van der Waals surface area (Å²) in [5, 5.41) is 8.94. The molecule has 1 heterocycles. The molecule has 3 rings (SSSR count). The largest absolute Gasteiger partial charge is 0.478 e. The summed E-state index contributed by atoms with van der Waals surface area (Å²) in [6, 6.07) is 11.5. The summed E-state index contributed by atoms with van der Waals surface area (Å²) in [6.07, 6.45) is 0. The number of carbonyl (C=O) groups is 1. The molecule has 6 nitrogen and oxygen atoms in total. The van der Waals surface area contributed by atoms with Gasteiger partial charge in [0, 0.05) is 31.9 Å². The van der Waals surface area contributed by atoms with Gasteiger partial charge in [-0.05, 0) is 55.3 Å². The number of piperazine rings is 1. The van der Waals surface area contributed by atoms with E-state index in [1.807, 2.05) is 6.07 Å². The smallest absolute Gasteiger partial charge is 0.335 e. The molecule has 0 atom stereocenters. The summed E-state index contributed by atoms with van der Waals surface area (Å²) in [5.41, 5.74) is 3.65. The molecule has 0 saturated carbocycles. The lowest BCUT2D eigenvalue weighted by molar-refractivity contribution is 0.0696. The van der Waals surface area contributed by atoms with Gasteiger partial charge in [0.2, 0.25) is 10.0 Å². The maximum atomic E-state index is 12.8. The van der Waals surface area contributed by atoms with Crippen LogP contribution >= 0.6 is 0 Å². The number of benzene rings is 2. The highest BCUT2D eigenvalue weighted by Gasteiger charge is 2.29. The summed E-state index contributed by atoms with van der Waals surface area (Å²) in [6.45, 7) is 6.19. The van der Waals surface area contributed by atoms with Gasteiger partial charge in [0.15, 0.2) is 0 Å². The van der Waals surface area contributed by atoms with Crippen LogP contribution in [0.3, 0.4) is 0 Å². The highest BCUT2D eigenvalue weighted by Crippen LogP contribution is 2.25. The molecule has 1 aliphatic heterocycles. The van der Waals surface area contributed by atoms with Crippen LogP contribution < -0.4 is 4.90 Å². The molecule has 2 aromatic rings. The minimum absolute atomic E-state index is 0.0729. The van der Waals surface area contributed by atoms with Crippen molar-refractivity contribution in [3.8, 4) is 0 Å². The van der Waals surface area contributed by atoms with Crippen LogP contribution in [-0.2, 0) is 10.0 Å². The van der Waals surface area contributed by atoms with E-state index in [1.54, 1.807) is 0 Å². The summed E-state index contributed by atoms with van der Waals surface area (Å²) < 4.78 is 27.0. The molecule has 0 aliphatic carbocycles. The molecule has 26 heavy (non-hydrogen) atoms. The lowest BCUT2D eigenvalue weighted by Crippen LogP contribution is -2.48. The third-order valence-electron chi connectivity index (χ3n) is 4.89. The fourth-order valence-electron chi connectivity index (χ4n) is 3.17. The number of carboxylic acid groups (broad SMARTS) is 1. The number of carboxylic acids is 1. The number of hydrogen-bond acceptors (Lipinski definition) is 4. The number of nitrogens with zero attached hydrogens (tertiary/aromatic N) is 2. The lowest BCUT2D eigenvalue weighted by Gasteiger charge is -2.36. The summed E-state index contributed by atoms with van der Waals surface area (Å²) in [4.78, 5) is 13.3. The first kappa shape index (κ1) is 18.4. The van der Waals surface area contributed by atoms with Crippen molar-refractivity contribution >= 4 is 21.7 Å². The van der Waals surface area contributed by atoms with Gasteiger partial charge >= 0.3 is 5.97 Å². The average molecular weight is 374 g/mol. The number of aryl methyl sites for hydroxylation is 1. The van der Waals surface area contributed by atoms with Crippen molar-refractivity contribution in [1.29, 1.82) is 0 Å². The molecule has 0 unspecified atom stereocenters. The van der Waals surface area contributed by atoms with Crippen molar-refractivity contribution in [2.45, 2.75) is 18.7 Å². The zero-order chi connectivity index (χ0) is 18.9. The first-order chi connectivity index (χ1) is 12.3. The van der Waals surface area contributed by atoms with Gasteiger partial charge in [-0.2, -0.15) is 4.31 Å². The van der Waals surface area contributed by atoms with E-state index in [4.69, 9.17) is 5.11 Å². The normalized spacial score (nSPS) is 15.8. The number of hydrogen-bond donors (Lipinski definition) is 1. The Hall–Kier alpha value is -2.38. The van der Waals surface area contributed by atoms with E-state index in [2.05, 4.69) is 30.9 Å². The third-order valence-corrected chi connectivity index (χ3v) is 6.81. The monoisotopic (exact) mass is 374 g/mol. The van der Waals surface area contributed by atoms with Crippen LogP contribution in [0.15, 0.2) is 47.4 Å². The Morgan fingerprint density at radius 1 is 0.962 bits per heavy atom. The van der Waals surface area contributed by atoms with Gasteiger partial charge in [0.25, 0.3) is 0 Å². The van der Waals surface area contributed by atoms with Gasteiger partial charge in [-0.15, -0.1) is 0 Å². The molecule has 0 amide bonds. The molecule has 0 radical (unpaired) electrons. The predicted molar refractivity (Wildman–Crippen MR) is 100 cm³/mol. The van der Waals surface area contributed by atoms with Gasteiger partial charge in [-0.1, -0.05) is 12.1 Å². The maximum absolute atomic E-state index is 12.8. The predicted octanol–water partition coefficient (Wildman–Crippen LogP) is 2.51. The van der Waals surface area contributed by atoms with Crippen molar-refractivity contribution in [3.05, 3.63) is 59.2 Å². The Balaban J connectivity index is 1.74. The molecule has 138 valence electrons.